The number of benzene rings is 10. The summed E-state index contributed by atoms with van der Waals surface area (Å²) < 4.78 is 2.22. The van der Waals surface area contributed by atoms with Gasteiger partial charge in [-0.3, -0.25) is 4.57 Å². The first kappa shape index (κ1) is 56.5. The largest absolute Gasteiger partial charge is 0.278 e. The van der Waals surface area contributed by atoms with Crippen molar-refractivity contribution in [2.24, 2.45) is 0 Å². The molecule has 1 atom stereocenters. The van der Waals surface area contributed by atoms with E-state index < -0.39 is 0 Å². The predicted octanol–water partition coefficient (Wildman–Crippen LogP) is 20.7. The number of rotatable bonds is 14. The first-order valence-electron chi connectivity index (χ1n) is 31.3. The van der Waals surface area contributed by atoms with E-state index in [0.717, 1.165) is 119 Å². The standard InChI is InChI=1S/C85H61N7/c1-3-4-10-26-57(2)72-53-73(60-31-15-7-16-32-60)55-74(54-72)66-40-23-42-69(51-66)82-86-80(61-33-17-8-18-34-61)87-83(89-82)71-44-24-41-68(52-71)75-45-25-46-78-79(75)76-56-67(59-29-13-6-14-30-59)47-48-77(76)92(78)85-90-81(62-35-19-9-20-36-62)88-84(91-85)70-43-22-39-65(50-70)64-38-21-37-63(49-64)58-27-11-5-12-28-58/h1,4-23,25-43,45-54,56,73H,24,44,55H2,2H3/b10-4-,57-26+. The zero-order chi connectivity index (χ0) is 61.7. The van der Waals surface area contributed by atoms with E-state index in [-0.39, 0.29) is 5.92 Å². The monoisotopic (exact) mass is 1180 g/mol. The molecule has 0 fully saturated rings. The second-order valence-corrected chi connectivity index (χ2v) is 23.3. The van der Waals surface area contributed by atoms with E-state index in [2.05, 4.69) is 272 Å². The number of hydrogen-bond donors (Lipinski definition) is 0. The number of hydrogen-bond acceptors (Lipinski definition) is 6. The van der Waals surface area contributed by atoms with Crippen LogP contribution in [0.1, 0.15) is 54.6 Å². The van der Waals surface area contributed by atoms with Crippen LogP contribution in [0.5, 0.6) is 0 Å². The quantitative estimate of drug-likeness (QED) is 0.0797. The molecule has 7 nitrogen and oxygen atoms in total. The summed E-state index contributed by atoms with van der Waals surface area (Å²) in [6.07, 6.45) is 23.1. The molecule has 0 saturated carbocycles. The summed E-state index contributed by atoms with van der Waals surface area (Å²) in [6, 6.07) is 91.5. The third-order valence-electron chi connectivity index (χ3n) is 17.4. The van der Waals surface area contributed by atoms with Gasteiger partial charge in [-0.15, -0.1) is 6.42 Å². The van der Waals surface area contributed by atoms with Crippen LogP contribution in [0.4, 0.5) is 0 Å². The molecule has 0 N–H and O–H groups in total. The van der Waals surface area contributed by atoms with Crippen LogP contribution in [0.15, 0.2) is 315 Å². The summed E-state index contributed by atoms with van der Waals surface area (Å²) in [4.78, 5) is 32.1. The van der Waals surface area contributed by atoms with Crippen molar-refractivity contribution < 1.29 is 0 Å². The molecule has 7 heteroatoms. The van der Waals surface area contributed by atoms with E-state index in [4.69, 9.17) is 36.3 Å². The van der Waals surface area contributed by atoms with E-state index in [9.17, 15) is 0 Å². The van der Waals surface area contributed by atoms with Gasteiger partial charge in [-0.1, -0.05) is 261 Å². The molecular weight excluding hydrogens is 1120 g/mol. The average Bonchev–Trinajstić information content (AvgIpc) is 1.57. The predicted molar refractivity (Wildman–Crippen MR) is 379 cm³/mol. The topological polar surface area (TPSA) is 82.3 Å². The summed E-state index contributed by atoms with van der Waals surface area (Å²) in [7, 11) is 0. The molecule has 3 aromatic heterocycles. The first-order valence-corrected chi connectivity index (χ1v) is 31.3. The molecule has 0 saturated heterocycles. The van der Waals surface area contributed by atoms with Gasteiger partial charge in [0.25, 0.3) is 0 Å². The van der Waals surface area contributed by atoms with Crippen molar-refractivity contribution in [1.29, 1.82) is 0 Å². The Labute approximate surface area is 536 Å². The smallest absolute Gasteiger partial charge is 0.238 e. The minimum atomic E-state index is 0.186. The Bertz CT molecular complexity index is 5180. The Balaban J connectivity index is 0.854. The fourth-order valence-electron chi connectivity index (χ4n) is 12.8. The molecule has 0 aliphatic heterocycles. The minimum Gasteiger partial charge on any atom is -0.278 e. The molecule has 10 aromatic carbocycles. The van der Waals surface area contributed by atoms with Crippen molar-refractivity contribution in [3.8, 4) is 97.2 Å². The molecule has 0 bridgehead atoms. The lowest BCUT2D eigenvalue weighted by molar-refractivity contribution is 0.859. The molecule has 0 radical (unpaired) electrons. The van der Waals surface area contributed by atoms with Crippen LogP contribution >= 0.6 is 0 Å². The van der Waals surface area contributed by atoms with Gasteiger partial charge in [-0.2, -0.15) is 9.97 Å². The van der Waals surface area contributed by atoms with Crippen molar-refractivity contribution in [3.05, 3.63) is 337 Å². The molecule has 0 spiro atoms. The van der Waals surface area contributed by atoms with Crippen LogP contribution in [0.2, 0.25) is 0 Å². The normalized spacial score (nSPS) is 14.2. The maximum absolute atomic E-state index is 5.59. The van der Waals surface area contributed by atoms with Crippen LogP contribution < -0.4 is 0 Å². The van der Waals surface area contributed by atoms with Crippen LogP contribution in [-0.4, -0.2) is 34.5 Å². The Morgan fingerprint density at radius 1 is 0.446 bits per heavy atom. The van der Waals surface area contributed by atoms with Crippen molar-refractivity contribution in [3.63, 3.8) is 0 Å². The summed E-state index contributed by atoms with van der Waals surface area (Å²) in [6.45, 7) is 2.14. The van der Waals surface area contributed by atoms with Crippen LogP contribution in [0.3, 0.4) is 0 Å². The number of fused-ring (bicyclic) bond motifs is 3. The van der Waals surface area contributed by atoms with Gasteiger partial charge in [-0.25, -0.2) is 19.9 Å². The number of aromatic nitrogens is 7. The van der Waals surface area contributed by atoms with E-state index >= 15 is 0 Å². The summed E-state index contributed by atoms with van der Waals surface area (Å²) in [5, 5.41) is 2.16. The molecule has 3 heterocycles. The van der Waals surface area contributed by atoms with Gasteiger partial charge in [0.1, 0.15) is 0 Å². The van der Waals surface area contributed by atoms with E-state index in [1.807, 2.05) is 42.5 Å². The van der Waals surface area contributed by atoms with Gasteiger partial charge in [0.15, 0.2) is 29.1 Å². The second kappa shape index (κ2) is 25.3. The maximum Gasteiger partial charge on any atom is 0.238 e. The zero-order valence-electron chi connectivity index (χ0n) is 50.8. The lowest BCUT2D eigenvalue weighted by atomic mass is 9.81. The average molecular weight is 1180 g/mol. The SMILES string of the molecule is C#C/C=C\C=C(/C)C1=CC(c2ccccc2)CC(c2cccc(-c3nc(C4=CC(c5cccc6c5c5cc(-c7ccccc7)ccc5n6-c5nc(-c6ccccc6)nc(-c6cccc(-c7cccc(-c8ccccc8)c7)c6)n5)=CCC4)nc(-c4ccccc4)n3)c2)=C1. The van der Waals surface area contributed by atoms with Crippen molar-refractivity contribution >= 4 is 38.5 Å². The molecule has 2 aliphatic carbocycles. The Kier molecular flexibility index (Phi) is 15.5. The molecule has 15 rings (SSSR count). The maximum atomic E-state index is 5.59. The molecule has 92 heavy (non-hydrogen) atoms. The highest BCUT2D eigenvalue weighted by atomic mass is 15.2. The Morgan fingerprint density at radius 2 is 0.935 bits per heavy atom. The second-order valence-electron chi connectivity index (χ2n) is 23.3. The highest BCUT2D eigenvalue weighted by Crippen LogP contribution is 2.43. The fourth-order valence-corrected chi connectivity index (χ4v) is 12.8. The summed E-state index contributed by atoms with van der Waals surface area (Å²) >= 11 is 0. The molecular formula is C85H61N7. The van der Waals surface area contributed by atoms with E-state index in [1.54, 1.807) is 6.08 Å². The third-order valence-corrected chi connectivity index (χ3v) is 17.4. The van der Waals surface area contributed by atoms with Crippen molar-refractivity contribution in [2.45, 2.75) is 32.1 Å². The zero-order valence-corrected chi connectivity index (χ0v) is 50.8. The van der Waals surface area contributed by atoms with Gasteiger partial charge in [-0.05, 0) is 153 Å². The fraction of sp³-hybridized carbons (Fsp3) is 0.0588. The first-order chi connectivity index (χ1) is 45.4. The Hall–Kier alpha value is -12.0. The van der Waals surface area contributed by atoms with Crippen LogP contribution in [0, 0.1) is 12.3 Å². The number of terminal acetylenes is 1. The molecule has 1 unspecified atom stereocenters. The molecule has 13 aromatic rings. The lowest BCUT2D eigenvalue weighted by Gasteiger charge is -2.23. The van der Waals surface area contributed by atoms with Gasteiger partial charge in [0, 0.05) is 38.9 Å². The van der Waals surface area contributed by atoms with Crippen molar-refractivity contribution in [1.82, 2.24) is 34.5 Å². The molecule has 0 amide bonds. The highest BCUT2D eigenvalue weighted by Gasteiger charge is 2.25. The van der Waals surface area contributed by atoms with Gasteiger partial charge in [0.2, 0.25) is 5.95 Å². The number of allylic oxidation sites excluding steroid dienone is 12. The summed E-state index contributed by atoms with van der Waals surface area (Å²) in [5.41, 5.74) is 21.4. The van der Waals surface area contributed by atoms with Gasteiger partial charge >= 0.3 is 0 Å². The van der Waals surface area contributed by atoms with E-state index in [1.165, 1.54) is 22.3 Å². The third kappa shape index (κ3) is 11.6. The Morgan fingerprint density at radius 3 is 1.57 bits per heavy atom. The minimum absolute atomic E-state index is 0.186. The van der Waals surface area contributed by atoms with Crippen molar-refractivity contribution in [2.75, 3.05) is 0 Å². The van der Waals surface area contributed by atoms with Crippen LogP contribution in [0.25, 0.3) is 123 Å². The van der Waals surface area contributed by atoms with E-state index in [0.29, 0.717) is 35.1 Å². The highest BCUT2D eigenvalue weighted by molar-refractivity contribution is 6.15. The molecule has 436 valence electrons. The summed E-state index contributed by atoms with van der Waals surface area (Å²) in [5.74, 6) is 6.37. The molecule has 2 aliphatic rings. The van der Waals surface area contributed by atoms with Gasteiger partial charge < -0.3 is 0 Å². The number of nitrogens with zero attached hydrogens (tertiary/aromatic N) is 7. The lowest BCUT2D eigenvalue weighted by Crippen LogP contribution is -2.06. The van der Waals surface area contributed by atoms with Gasteiger partial charge in [0.05, 0.1) is 11.0 Å². The van der Waals surface area contributed by atoms with Crippen LogP contribution in [-0.2, 0) is 0 Å².